The Hall–Kier alpha value is -3.26. The molecule has 34 heavy (non-hydrogen) atoms. The van der Waals surface area contributed by atoms with Gasteiger partial charge >= 0.3 is 0 Å². The zero-order chi connectivity index (χ0) is 23.9. The standard InChI is InChI=1S/C26H30FN3O4/c27-22-8-6-21(7-9-22)25(32)28-24(26(33)30-14-16-34-17-15-30)20-10-12-29(13-11-20)23(31)18-19-4-2-1-3-5-19/h1-9,20,24H,10-18H2,(H,28,32)/t24-/m1/s1. The molecule has 2 aromatic rings. The second kappa shape index (κ2) is 11.2. The van der Waals surface area contributed by atoms with Crippen molar-refractivity contribution in [3.63, 3.8) is 0 Å². The molecular formula is C26H30FN3O4. The first-order chi connectivity index (χ1) is 16.5. The lowest BCUT2D eigenvalue weighted by atomic mass is 9.87. The molecule has 4 rings (SSSR count). The maximum Gasteiger partial charge on any atom is 0.251 e. The van der Waals surface area contributed by atoms with Crippen molar-refractivity contribution in [2.24, 2.45) is 5.92 Å². The summed E-state index contributed by atoms with van der Waals surface area (Å²) >= 11 is 0. The monoisotopic (exact) mass is 467 g/mol. The number of piperidine rings is 1. The topological polar surface area (TPSA) is 79.0 Å². The average molecular weight is 468 g/mol. The molecule has 1 atom stereocenters. The lowest BCUT2D eigenvalue weighted by Crippen LogP contribution is -2.56. The molecule has 180 valence electrons. The van der Waals surface area contributed by atoms with Crippen LogP contribution < -0.4 is 5.32 Å². The predicted molar refractivity (Wildman–Crippen MR) is 125 cm³/mol. The number of rotatable bonds is 6. The van der Waals surface area contributed by atoms with Gasteiger partial charge in [0.05, 0.1) is 19.6 Å². The third-order valence-electron chi connectivity index (χ3n) is 6.54. The molecule has 0 aliphatic carbocycles. The van der Waals surface area contributed by atoms with Crippen LogP contribution in [0.25, 0.3) is 0 Å². The van der Waals surface area contributed by atoms with Gasteiger partial charge in [0.25, 0.3) is 5.91 Å². The van der Waals surface area contributed by atoms with Gasteiger partial charge in [-0.15, -0.1) is 0 Å². The summed E-state index contributed by atoms with van der Waals surface area (Å²) in [6.07, 6.45) is 1.58. The number of carbonyl (C=O) groups is 3. The Labute approximate surface area is 198 Å². The van der Waals surface area contributed by atoms with Crippen molar-refractivity contribution in [1.82, 2.24) is 15.1 Å². The minimum Gasteiger partial charge on any atom is -0.378 e. The maximum absolute atomic E-state index is 13.4. The summed E-state index contributed by atoms with van der Waals surface area (Å²) in [5.41, 5.74) is 1.28. The highest BCUT2D eigenvalue weighted by atomic mass is 19.1. The highest BCUT2D eigenvalue weighted by Crippen LogP contribution is 2.24. The molecule has 7 nitrogen and oxygen atoms in total. The van der Waals surface area contributed by atoms with Gasteiger partial charge in [-0.3, -0.25) is 14.4 Å². The summed E-state index contributed by atoms with van der Waals surface area (Å²) in [6.45, 7) is 2.98. The van der Waals surface area contributed by atoms with Crippen LogP contribution in [0.4, 0.5) is 4.39 Å². The van der Waals surface area contributed by atoms with Crippen molar-refractivity contribution in [1.29, 1.82) is 0 Å². The number of ether oxygens (including phenoxy) is 1. The highest BCUT2D eigenvalue weighted by Gasteiger charge is 2.36. The van der Waals surface area contributed by atoms with Crippen LogP contribution in [0.15, 0.2) is 54.6 Å². The molecule has 1 N–H and O–H groups in total. The summed E-state index contributed by atoms with van der Waals surface area (Å²) in [5.74, 6) is -0.997. The molecule has 2 saturated heterocycles. The Morgan fingerprint density at radius 3 is 2.21 bits per heavy atom. The number of hydrogen-bond acceptors (Lipinski definition) is 4. The zero-order valence-electron chi connectivity index (χ0n) is 19.1. The van der Waals surface area contributed by atoms with Crippen LogP contribution in [0.1, 0.15) is 28.8 Å². The van der Waals surface area contributed by atoms with E-state index in [4.69, 9.17) is 4.74 Å². The van der Waals surface area contributed by atoms with Crippen molar-refractivity contribution in [2.75, 3.05) is 39.4 Å². The quantitative estimate of drug-likeness (QED) is 0.707. The number of carbonyl (C=O) groups excluding carboxylic acids is 3. The lowest BCUT2D eigenvalue weighted by Gasteiger charge is -2.38. The molecular weight excluding hydrogens is 437 g/mol. The molecule has 0 spiro atoms. The number of benzene rings is 2. The van der Waals surface area contributed by atoms with Gasteiger partial charge in [-0.1, -0.05) is 30.3 Å². The van der Waals surface area contributed by atoms with Gasteiger partial charge in [-0.2, -0.15) is 0 Å². The van der Waals surface area contributed by atoms with Gasteiger partial charge in [0.15, 0.2) is 0 Å². The Kier molecular flexibility index (Phi) is 7.90. The van der Waals surface area contributed by atoms with Crippen LogP contribution in [0.3, 0.4) is 0 Å². The SMILES string of the molecule is O=C(N[C@@H](C(=O)N1CCOCC1)C1CCN(C(=O)Cc2ccccc2)CC1)c1ccc(F)cc1. The molecule has 2 aliphatic rings. The van der Waals surface area contributed by atoms with Gasteiger partial charge < -0.3 is 19.9 Å². The smallest absolute Gasteiger partial charge is 0.251 e. The number of amides is 3. The van der Waals surface area contributed by atoms with E-state index in [0.717, 1.165) is 5.56 Å². The Morgan fingerprint density at radius 2 is 1.56 bits per heavy atom. The first kappa shape index (κ1) is 23.9. The van der Waals surface area contributed by atoms with Crippen LogP contribution in [-0.4, -0.2) is 73.0 Å². The van der Waals surface area contributed by atoms with Crippen LogP contribution in [-0.2, 0) is 20.7 Å². The lowest BCUT2D eigenvalue weighted by molar-refractivity contribution is -0.139. The van der Waals surface area contributed by atoms with Crippen molar-refractivity contribution >= 4 is 17.7 Å². The first-order valence-corrected chi connectivity index (χ1v) is 11.8. The maximum atomic E-state index is 13.4. The molecule has 3 amide bonds. The van der Waals surface area contributed by atoms with E-state index in [0.29, 0.717) is 64.2 Å². The van der Waals surface area contributed by atoms with E-state index in [-0.39, 0.29) is 17.7 Å². The first-order valence-electron chi connectivity index (χ1n) is 11.8. The number of nitrogens with zero attached hydrogens (tertiary/aromatic N) is 2. The molecule has 0 bridgehead atoms. The van der Waals surface area contributed by atoms with E-state index in [1.807, 2.05) is 35.2 Å². The van der Waals surface area contributed by atoms with Crippen molar-refractivity contribution in [2.45, 2.75) is 25.3 Å². The minimum atomic E-state index is -0.706. The number of likely N-dealkylation sites (tertiary alicyclic amines) is 1. The molecule has 8 heteroatoms. The normalized spacial score (nSPS) is 17.8. The van der Waals surface area contributed by atoms with E-state index in [1.165, 1.54) is 24.3 Å². The van der Waals surface area contributed by atoms with E-state index >= 15 is 0 Å². The molecule has 2 fully saturated rings. The second-order valence-electron chi connectivity index (χ2n) is 8.78. The summed E-state index contributed by atoms with van der Waals surface area (Å²) in [6, 6.07) is 14.2. The van der Waals surface area contributed by atoms with Gasteiger partial charge in [-0.25, -0.2) is 4.39 Å². The number of halogens is 1. The van der Waals surface area contributed by atoms with Crippen LogP contribution in [0.5, 0.6) is 0 Å². The Bertz CT molecular complexity index is 985. The summed E-state index contributed by atoms with van der Waals surface area (Å²) < 4.78 is 18.6. The Morgan fingerprint density at radius 1 is 0.912 bits per heavy atom. The number of morpholine rings is 1. The number of nitrogens with one attached hydrogen (secondary N) is 1. The Balaban J connectivity index is 1.42. The van der Waals surface area contributed by atoms with Crippen molar-refractivity contribution in [3.8, 4) is 0 Å². The van der Waals surface area contributed by atoms with Gasteiger partial charge in [0.2, 0.25) is 11.8 Å². The molecule has 0 aromatic heterocycles. The highest BCUT2D eigenvalue weighted by molar-refractivity contribution is 5.97. The predicted octanol–water partition coefficient (Wildman–Crippen LogP) is 2.26. The van der Waals surface area contributed by atoms with Crippen LogP contribution in [0, 0.1) is 11.7 Å². The van der Waals surface area contributed by atoms with Gasteiger partial charge in [0.1, 0.15) is 11.9 Å². The van der Waals surface area contributed by atoms with Gasteiger partial charge in [0, 0.05) is 31.7 Å². The summed E-state index contributed by atoms with van der Waals surface area (Å²) in [7, 11) is 0. The van der Waals surface area contributed by atoms with E-state index in [9.17, 15) is 18.8 Å². The third kappa shape index (κ3) is 5.99. The molecule has 0 radical (unpaired) electrons. The largest absolute Gasteiger partial charge is 0.378 e. The summed E-state index contributed by atoms with van der Waals surface area (Å²) in [4.78, 5) is 42.6. The van der Waals surface area contributed by atoms with Crippen LogP contribution in [0.2, 0.25) is 0 Å². The average Bonchev–Trinajstić information content (AvgIpc) is 2.88. The number of hydrogen-bond donors (Lipinski definition) is 1. The zero-order valence-corrected chi connectivity index (χ0v) is 19.1. The van der Waals surface area contributed by atoms with Crippen LogP contribution >= 0.6 is 0 Å². The van der Waals surface area contributed by atoms with E-state index in [1.54, 1.807) is 4.90 Å². The fourth-order valence-electron chi connectivity index (χ4n) is 4.55. The molecule has 0 unspecified atom stereocenters. The summed E-state index contributed by atoms with van der Waals surface area (Å²) in [5, 5.41) is 2.91. The molecule has 0 saturated carbocycles. The molecule has 2 aromatic carbocycles. The molecule has 2 heterocycles. The fraction of sp³-hybridized carbons (Fsp3) is 0.423. The molecule has 2 aliphatic heterocycles. The van der Waals surface area contributed by atoms with Crippen molar-refractivity contribution < 1.29 is 23.5 Å². The van der Waals surface area contributed by atoms with E-state index < -0.39 is 17.8 Å². The fourth-order valence-corrected chi connectivity index (χ4v) is 4.55. The second-order valence-corrected chi connectivity index (χ2v) is 8.78. The minimum absolute atomic E-state index is 0.0658. The van der Waals surface area contributed by atoms with E-state index in [2.05, 4.69) is 5.32 Å². The van der Waals surface area contributed by atoms with Gasteiger partial charge in [-0.05, 0) is 48.6 Å². The third-order valence-corrected chi connectivity index (χ3v) is 6.54. The van der Waals surface area contributed by atoms with Crippen molar-refractivity contribution in [3.05, 3.63) is 71.5 Å².